The lowest BCUT2D eigenvalue weighted by atomic mass is 9.96. The Morgan fingerprint density at radius 3 is 2.33 bits per heavy atom. The summed E-state index contributed by atoms with van der Waals surface area (Å²) in [4.78, 5) is 14.0. The van der Waals surface area contributed by atoms with Gasteiger partial charge in [0, 0.05) is 54.7 Å². The van der Waals surface area contributed by atoms with Crippen LogP contribution in [0.2, 0.25) is 0 Å². The number of fused-ring (bicyclic) bond motifs is 1. The largest absolute Gasteiger partial charge is 0.497 e. The van der Waals surface area contributed by atoms with E-state index in [1.165, 1.54) is 0 Å². The fourth-order valence-electron chi connectivity index (χ4n) is 4.23. The van der Waals surface area contributed by atoms with Crippen molar-refractivity contribution in [2.75, 3.05) is 26.1 Å². The van der Waals surface area contributed by atoms with Gasteiger partial charge in [-0.15, -0.1) is 0 Å². The molecule has 170 valence electrons. The zero-order valence-corrected chi connectivity index (χ0v) is 19.0. The third-order valence-electron chi connectivity index (χ3n) is 5.79. The molecule has 0 saturated carbocycles. The summed E-state index contributed by atoms with van der Waals surface area (Å²) in [7, 11) is 5.12. The van der Waals surface area contributed by atoms with Gasteiger partial charge in [-0.3, -0.25) is 4.79 Å². The number of benzene rings is 3. The highest BCUT2D eigenvalue weighted by Gasteiger charge is 2.26. The molecule has 0 aliphatic rings. The minimum Gasteiger partial charge on any atom is -0.497 e. The normalized spacial score (nSPS) is 11.9. The van der Waals surface area contributed by atoms with E-state index in [-0.39, 0.29) is 12.4 Å². The lowest BCUT2D eigenvalue weighted by Crippen LogP contribution is -2.21. The molecule has 6 nitrogen and oxygen atoms in total. The fraction of sp³-hybridized carbons (Fsp3) is 0.222. The van der Waals surface area contributed by atoms with Gasteiger partial charge in [0.25, 0.3) is 0 Å². The van der Waals surface area contributed by atoms with E-state index in [1.807, 2.05) is 78.5 Å². The van der Waals surface area contributed by atoms with Crippen molar-refractivity contribution in [2.24, 2.45) is 7.05 Å². The van der Waals surface area contributed by atoms with E-state index < -0.39 is 6.04 Å². The molecule has 4 aromatic rings. The average molecular weight is 445 g/mol. The number of nitrogens with zero attached hydrogens (tertiary/aromatic N) is 1. The summed E-state index contributed by atoms with van der Waals surface area (Å²) in [5.74, 6) is 1.22. The first-order valence-corrected chi connectivity index (χ1v) is 10.8. The van der Waals surface area contributed by atoms with Gasteiger partial charge in [-0.05, 0) is 17.5 Å². The van der Waals surface area contributed by atoms with Crippen molar-refractivity contribution in [1.29, 1.82) is 0 Å². The summed E-state index contributed by atoms with van der Waals surface area (Å²) < 4.78 is 12.8. The highest BCUT2D eigenvalue weighted by molar-refractivity contribution is 6.12. The first kappa shape index (κ1) is 22.4. The van der Waals surface area contributed by atoms with Crippen LogP contribution in [-0.2, 0) is 13.5 Å². The van der Waals surface area contributed by atoms with Crippen LogP contribution in [0.15, 0.2) is 72.9 Å². The average Bonchev–Trinajstić information content (AvgIpc) is 3.20. The van der Waals surface area contributed by atoms with Gasteiger partial charge >= 0.3 is 0 Å². The number of aliphatic hydroxyl groups is 1. The van der Waals surface area contributed by atoms with Crippen molar-refractivity contribution < 1.29 is 19.4 Å². The molecule has 0 aliphatic carbocycles. The van der Waals surface area contributed by atoms with E-state index >= 15 is 0 Å². The van der Waals surface area contributed by atoms with Crippen LogP contribution in [-0.4, -0.2) is 36.3 Å². The molecule has 0 fully saturated rings. The van der Waals surface area contributed by atoms with E-state index in [0.717, 1.165) is 27.7 Å². The first-order valence-electron chi connectivity index (χ1n) is 10.8. The molecule has 0 amide bonds. The Labute approximate surface area is 193 Å². The summed E-state index contributed by atoms with van der Waals surface area (Å²) in [6.07, 6.45) is 2.41. The number of ether oxygens (including phenoxy) is 2. The van der Waals surface area contributed by atoms with E-state index in [2.05, 4.69) is 5.32 Å². The molecule has 1 atom stereocenters. The Bertz CT molecular complexity index is 1240. The third kappa shape index (κ3) is 4.56. The number of rotatable bonds is 9. The number of carbonyl (C=O) groups excluding carboxylic acids is 1. The van der Waals surface area contributed by atoms with Crippen LogP contribution in [0.25, 0.3) is 10.9 Å². The van der Waals surface area contributed by atoms with Gasteiger partial charge in [0.1, 0.15) is 17.5 Å². The molecular formula is C27H28N2O4. The van der Waals surface area contributed by atoms with Gasteiger partial charge in [0.15, 0.2) is 5.78 Å². The quantitative estimate of drug-likeness (QED) is 0.364. The monoisotopic (exact) mass is 444 g/mol. The Morgan fingerprint density at radius 1 is 1.00 bits per heavy atom. The number of Topliss-reactive ketones (excluding diaryl/α,β-unsaturated/α-hetero) is 1. The van der Waals surface area contributed by atoms with Crippen LogP contribution in [0.3, 0.4) is 0 Å². The number of hydrogen-bond donors (Lipinski definition) is 2. The summed E-state index contributed by atoms with van der Waals surface area (Å²) in [5.41, 5.74) is 4.17. The number of methoxy groups -OCH3 is 2. The Kier molecular flexibility index (Phi) is 6.66. The number of hydrogen-bond acceptors (Lipinski definition) is 5. The van der Waals surface area contributed by atoms with Crippen molar-refractivity contribution in [2.45, 2.75) is 12.5 Å². The van der Waals surface area contributed by atoms with E-state index in [1.54, 1.807) is 20.3 Å². The molecule has 33 heavy (non-hydrogen) atoms. The molecule has 1 unspecified atom stereocenters. The van der Waals surface area contributed by atoms with Gasteiger partial charge in [-0.25, -0.2) is 0 Å². The third-order valence-corrected chi connectivity index (χ3v) is 5.79. The predicted octanol–water partition coefficient (Wildman–Crippen LogP) is 4.77. The maximum atomic E-state index is 14.0. The second-order valence-electron chi connectivity index (χ2n) is 7.89. The fourth-order valence-corrected chi connectivity index (χ4v) is 4.23. The maximum Gasteiger partial charge on any atom is 0.191 e. The predicted molar refractivity (Wildman–Crippen MR) is 130 cm³/mol. The minimum absolute atomic E-state index is 0.0465. The molecule has 0 spiro atoms. The lowest BCUT2D eigenvalue weighted by molar-refractivity contribution is 0.0971. The highest BCUT2D eigenvalue weighted by Crippen LogP contribution is 2.33. The summed E-state index contributed by atoms with van der Waals surface area (Å²) in [5, 5.41) is 13.7. The van der Waals surface area contributed by atoms with Crippen LogP contribution >= 0.6 is 0 Å². The number of ketones is 1. The number of aryl methyl sites for hydroxylation is 1. The first-order chi connectivity index (χ1) is 16.0. The molecular weight excluding hydrogens is 416 g/mol. The molecule has 0 radical (unpaired) electrons. The van der Waals surface area contributed by atoms with E-state index in [9.17, 15) is 9.90 Å². The van der Waals surface area contributed by atoms with Crippen LogP contribution < -0.4 is 14.8 Å². The molecule has 1 aromatic heterocycles. The molecule has 4 rings (SSSR count). The lowest BCUT2D eigenvalue weighted by Gasteiger charge is -2.20. The number of aromatic nitrogens is 1. The second-order valence-corrected chi connectivity index (χ2v) is 7.89. The standard InChI is InChI=1S/C27H28N2O4/c1-29-17-24(23-11-7-10-19(12-13-30)26(23)29)27(31)25(18-8-5-4-6-9-18)28-20-14-21(32-2)16-22(15-20)33-3/h4-11,14-17,25,28,30H,12-13H2,1-3H3. The van der Waals surface area contributed by atoms with Crippen LogP contribution in [0.5, 0.6) is 11.5 Å². The van der Waals surface area contributed by atoms with Gasteiger partial charge < -0.3 is 24.5 Å². The zero-order valence-electron chi connectivity index (χ0n) is 19.0. The molecule has 0 saturated heterocycles. The smallest absolute Gasteiger partial charge is 0.191 e. The Morgan fingerprint density at radius 2 is 1.70 bits per heavy atom. The number of nitrogens with one attached hydrogen (secondary N) is 1. The van der Waals surface area contributed by atoms with Crippen LogP contribution in [0, 0.1) is 0 Å². The number of para-hydroxylation sites is 1. The number of anilines is 1. The summed E-state index contributed by atoms with van der Waals surface area (Å²) in [6, 6.07) is 20.4. The highest BCUT2D eigenvalue weighted by atomic mass is 16.5. The van der Waals surface area contributed by atoms with Gasteiger partial charge in [0.05, 0.1) is 19.7 Å². The van der Waals surface area contributed by atoms with Gasteiger partial charge in [0.2, 0.25) is 0 Å². The molecule has 3 aromatic carbocycles. The second kappa shape index (κ2) is 9.79. The van der Waals surface area contributed by atoms with Crippen molar-refractivity contribution in [3.05, 3.63) is 89.6 Å². The number of carbonyl (C=O) groups is 1. The Balaban J connectivity index is 1.80. The zero-order chi connectivity index (χ0) is 23.4. The summed E-state index contributed by atoms with van der Waals surface area (Å²) in [6.45, 7) is 0.0550. The van der Waals surface area contributed by atoms with Crippen LogP contribution in [0.4, 0.5) is 5.69 Å². The van der Waals surface area contributed by atoms with Crippen molar-refractivity contribution >= 4 is 22.4 Å². The minimum atomic E-state index is -0.616. The molecule has 2 N–H and O–H groups in total. The van der Waals surface area contributed by atoms with Crippen molar-refractivity contribution in [3.63, 3.8) is 0 Å². The molecule has 1 heterocycles. The SMILES string of the molecule is COc1cc(NC(C(=O)c2cn(C)c3c(CCO)cccc23)c2ccccc2)cc(OC)c1. The van der Waals surface area contributed by atoms with Crippen molar-refractivity contribution in [1.82, 2.24) is 4.57 Å². The molecule has 6 heteroatoms. The van der Waals surface area contributed by atoms with Gasteiger partial charge in [-0.1, -0.05) is 48.5 Å². The van der Waals surface area contributed by atoms with Crippen LogP contribution in [0.1, 0.15) is 27.5 Å². The summed E-state index contributed by atoms with van der Waals surface area (Å²) >= 11 is 0. The topological polar surface area (TPSA) is 72.7 Å². The molecule has 0 aliphatic heterocycles. The number of aliphatic hydroxyl groups excluding tert-OH is 1. The molecule has 0 bridgehead atoms. The van der Waals surface area contributed by atoms with E-state index in [4.69, 9.17) is 9.47 Å². The van der Waals surface area contributed by atoms with Gasteiger partial charge in [-0.2, -0.15) is 0 Å². The van der Waals surface area contributed by atoms with E-state index in [0.29, 0.717) is 23.5 Å². The maximum absolute atomic E-state index is 14.0. The Hall–Kier alpha value is -3.77. The van der Waals surface area contributed by atoms with Crippen molar-refractivity contribution in [3.8, 4) is 11.5 Å².